The Morgan fingerprint density at radius 3 is 2.27 bits per heavy atom. The van der Waals surface area contributed by atoms with Gasteiger partial charge in [-0.2, -0.15) is 0 Å². The van der Waals surface area contributed by atoms with Crippen molar-refractivity contribution in [1.82, 2.24) is 0 Å². The Balaban J connectivity index is 3.10. The van der Waals surface area contributed by atoms with E-state index < -0.39 is 0 Å². The summed E-state index contributed by atoms with van der Waals surface area (Å²) in [5, 5.41) is 0. The van der Waals surface area contributed by atoms with Gasteiger partial charge in [-0.25, -0.2) is 0 Å². The molecule has 0 aliphatic rings. The van der Waals surface area contributed by atoms with Crippen LogP contribution in [0.3, 0.4) is 0 Å². The lowest BCUT2D eigenvalue weighted by Gasteiger charge is -2.14. The summed E-state index contributed by atoms with van der Waals surface area (Å²) < 4.78 is 5.50. The highest BCUT2D eigenvalue weighted by Crippen LogP contribution is 2.09. The first-order valence-corrected chi connectivity index (χ1v) is 4.76. The summed E-state index contributed by atoms with van der Waals surface area (Å²) >= 11 is 0. The lowest BCUT2D eigenvalue weighted by atomic mass is 9.99. The van der Waals surface area contributed by atoms with Crippen LogP contribution in [0.5, 0.6) is 0 Å². The van der Waals surface area contributed by atoms with E-state index in [0.717, 1.165) is 19.1 Å². The fraction of sp³-hybridized carbons (Fsp3) is 1.00. The van der Waals surface area contributed by atoms with Crippen molar-refractivity contribution in [2.45, 2.75) is 40.5 Å². The summed E-state index contributed by atoms with van der Waals surface area (Å²) in [7, 11) is 0. The van der Waals surface area contributed by atoms with E-state index in [1.165, 1.54) is 12.8 Å². The molecule has 1 unspecified atom stereocenters. The second kappa shape index (κ2) is 6.66. The molecule has 0 aromatic heterocycles. The third-order valence-corrected chi connectivity index (χ3v) is 2.16. The molecule has 0 saturated carbocycles. The normalized spacial score (nSPS) is 13.9. The van der Waals surface area contributed by atoms with Crippen LogP contribution in [0.25, 0.3) is 0 Å². The fourth-order valence-electron chi connectivity index (χ4n) is 0.708. The molecule has 1 heteroatoms. The molecule has 1 atom stereocenters. The van der Waals surface area contributed by atoms with Gasteiger partial charge in [0.25, 0.3) is 0 Å². The Labute approximate surface area is 71.1 Å². The maximum absolute atomic E-state index is 5.50. The average molecular weight is 158 g/mol. The maximum Gasteiger partial charge on any atom is 0.0494 e. The van der Waals surface area contributed by atoms with Crippen LogP contribution in [0.1, 0.15) is 40.5 Å². The molecule has 0 spiro atoms. The van der Waals surface area contributed by atoms with Gasteiger partial charge in [0.2, 0.25) is 0 Å². The quantitative estimate of drug-likeness (QED) is 0.540. The molecule has 68 valence electrons. The van der Waals surface area contributed by atoms with Gasteiger partial charge >= 0.3 is 0 Å². The summed E-state index contributed by atoms with van der Waals surface area (Å²) in [5.74, 6) is 1.45. The second-order valence-corrected chi connectivity index (χ2v) is 3.65. The minimum atomic E-state index is 0.701. The molecule has 0 amide bonds. The van der Waals surface area contributed by atoms with Gasteiger partial charge in [0.15, 0.2) is 0 Å². The first-order chi connectivity index (χ1) is 5.18. The zero-order chi connectivity index (χ0) is 8.69. The molecular formula is C10H22O. The summed E-state index contributed by atoms with van der Waals surface area (Å²) in [6, 6.07) is 0. The summed E-state index contributed by atoms with van der Waals surface area (Å²) in [6.45, 7) is 10.8. The van der Waals surface area contributed by atoms with Gasteiger partial charge < -0.3 is 4.74 Å². The van der Waals surface area contributed by atoms with Crippen LogP contribution in [0.4, 0.5) is 0 Å². The Hall–Kier alpha value is -0.0400. The van der Waals surface area contributed by atoms with Gasteiger partial charge in [0, 0.05) is 13.2 Å². The minimum Gasteiger partial charge on any atom is -0.381 e. The Morgan fingerprint density at radius 2 is 1.82 bits per heavy atom. The van der Waals surface area contributed by atoms with Crippen LogP contribution in [0.2, 0.25) is 0 Å². The predicted octanol–water partition coefficient (Wildman–Crippen LogP) is 3.10. The van der Waals surface area contributed by atoms with Gasteiger partial charge in [-0.3, -0.25) is 0 Å². The molecule has 0 aromatic rings. The van der Waals surface area contributed by atoms with E-state index in [1.807, 2.05) is 0 Å². The number of hydrogen-bond donors (Lipinski definition) is 0. The Bertz CT molecular complexity index is 78.9. The van der Waals surface area contributed by atoms with Crippen molar-refractivity contribution in [2.24, 2.45) is 11.8 Å². The molecule has 11 heavy (non-hydrogen) atoms. The first-order valence-electron chi connectivity index (χ1n) is 4.76. The van der Waals surface area contributed by atoms with Crippen molar-refractivity contribution in [3.8, 4) is 0 Å². The minimum absolute atomic E-state index is 0.701. The zero-order valence-electron chi connectivity index (χ0n) is 8.39. The van der Waals surface area contributed by atoms with Gasteiger partial charge in [-0.1, -0.05) is 34.1 Å². The van der Waals surface area contributed by atoms with E-state index >= 15 is 0 Å². The van der Waals surface area contributed by atoms with E-state index in [2.05, 4.69) is 27.7 Å². The van der Waals surface area contributed by atoms with Crippen molar-refractivity contribution < 1.29 is 4.74 Å². The Kier molecular flexibility index (Phi) is 6.63. The molecule has 0 fully saturated rings. The van der Waals surface area contributed by atoms with Crippen LogP contribution in [0.15, 0.2) is 0 Å². The molecule has 0 saturated heterocycles. The van der Waals surface area contributed by atoms with Crippen molar-refractivity contribution >= 4 is 0 Å². The van der Waals surface area contributed by atoms with Crippen molar-refractivity contribution in [3.05, 3.63) is 0 Å². The lowest BCUT2D eigenvalue weighted by molar-refractivity contribution is 0.0877. The summed E-state index contributed by atoms with van der Waals surface area (Å²) in [6.07, 6.45) is 2.43. The molecule has 0 aliphatic heterocycles. The van der Waals surface area contributed by atoms with E-state index in [1.54, 1.807) is 0 Å². The summed E-state index contributed by atoms with van der Waals surface area (Å²) in [5.41, 5.74) is 0. The highest BCUT2D eigenvalue weighted by atomic mass is 16.5. The molecule has 0 N–H and O–H groups in total. The molecule has 0 radical (unpaired) electrons. The number of unbranched alkanes of at least 4 members (excludes halogenated alkanes) is 1. The van der Waals surface area contributed by atoms with Crippen LogP contribution in [0, 0.1) is 11.8 Å². The van der Waals surface area contributed by atoms with Crippen molar-refractivity contribution in [3.63, 3.8) is 0 Å². The predicted molar refractivity (Wildman–Crippen MR) is 49.7 cm³/mol. The van der Waals surface area contributed by atoms with Crippen molar-refractivity contribution in [2.75, 3.05) is 13.2 Å². The van der Waals surface area contributed by atoms with Crippen LogP contribution < -0.4 is 0 Å². The molecule has 0 heterocycles. The smallest absolute Gasteiger partial charge is 0.0494 e. The lowest BCUT2D eigenvalue weighted by Crippen LogP contribution is -2.12. The van der Waals surface area contributed by atoms with Crippen molar-refractivity contribution in [1.29, 1.82) is 0 Å². The SMILES string of the molecule is CCCCOCC(C)C(C)C. The number of rotatable bonds is 6. The first kappa shape index (κ1) is 11.0. The standard InChI is InChI=1S/C10H22O/c1-5-6-7-11-8-10(4)9(2)3/h9-10H,5-8H2,1-4H3. The van der Waals surface area contributed by atoms with Crippen LogP contribution >= 0.6 is 0 Å². The van der Waals surface area contributed by atoms with E-state index in [-0.39, 0.29) is 0 Å². The molecule has 0 bridgehead atoms. The molecule has 1 nitrogen and oxygen atoms in total. The van der Waals surface area contributed by atoms with Gasteiger partial charge in [-0.05, 0) is 18.3 Å². The Morgan fingerprint density at radius 1 is 1.18 bits per heavy atom. The fourth-order valence-corrected chi connectivity index (χ4v) is 0.708. The number of ether oxygens (including phenoxy) is 1. The maximum atomic E-state index is 5.50. The highest BCUT2D eigenvalue weighted by Gasteiger charge is 2.05. The number of hydrogen-bond acceptors (Lipinski definition) is 1. The molecule has 0 rings (SSSR count). The zero-order valence-corrected chi connectivity index (χ0v) is 8.39. The monoisotopic (exact) mass is 158 g/mol. The average Bonchev–Trinajstić information content (AvgIpc) is 1.97. The third-order valence-electron chi connectivity index (χ3n) is 2.16. The van der Waals surface area contributed by atoms with Crippen LogP contribution in [-0.4, -0.2) is 13.2 Å². The van der Waals surface area contributed by atoms with E-state index in [4.69, 9.17) is 4.74 Å². The van der Waals surface area contributed by atoms with E-state index in [9.17, 15) is 0 Å². The van der Waals surface area contributed by atoms with E-state index in [0.29, 0.717) is 5.92 Å². The topological polar surface area (TPSA) is 9.23 Å². The van der Waals surface area contributed by atoms with Gasteiger partial charge in [0.1, 0.15) is 0 Å². The molecule has 0 aliphatic carbocycles. The molecule has 0 aromatic carbocycles. The third kappa shape index (κ3) is 6.36. The second-order valence-electron chi connectivity index (χ2n) is 3.65. The summed E-state index contributed by atoms with van der Waals surface area (Å²) in [4.78, 5) is 0. The largest absolute Gasteiger partial charge is 0.381 e. The van der Waals surface area contributed by atoms with Gasteiger partial charge in [0.05, 0.1) is 0 Å². The van der Waals surface area contributed by atoms with Gasteiger partial charge in [-0.15, -0.1) is 0 Å². The highest BCUT2D eigenvalue weighted by molar-refractivity contribution is 4.54. The molecular weight excluding hydrogens is 136 g/mol. The van der Waals surface area contributed by atoms with Crippen LogP contribution in [-0.2, 0) is 4.74 Å².